The van der Waals surface area contributed by atoms with Crippen LogP contribution in [0.3, 0.4) is 0 Å². The molecule has 0 bridgehead atoms. The van der Waals surface area contributed by atoms with Gasteiger partial charge >= 0.3 is 5.97 Å². The third-order valence-electron chi connectivity index (χ3n) is 2.63. The molecule has 1 heterocycles. The summed E-state index contributed by atoms with van der Waals surface area (Å²) in [7, 11) is 0. The Morgan fingerprint density at radius 2 is 2.19 bits per heavy atom. The number of hydrogen-bond acceptors (Lipinski definition) is 2. The molecule has 0 aliphatic heterocycles. The number of nitrogens with one attached hydrogen (secondary N) is 1. The van der Waals surface area contributed by atoms with E-state index in [1.165, 1.54) is 0 Å². The molecule has 4 nitrogen and oxygen atoms in total. The van der Waals surface area contributed by atoms with Crippen molar-refractivity contribution in [2.75, 3.05) is 0 Å². The van der Waals surface area contributed by atoms with Gasteiger partial charge in [-0.25, -0.2) is 0 Å². The van der Waals surface area contributed by atoms with E-state index in [1.54, 1.807) is 6.20 Å². The average Bonchev–Trinajstić information content (AvgIpc) is 2.69. The minimum atomic E-state index is -0.975. The molecule has 1 unspecified atom stereocenters. The quantitative estimate of drug-likeness (QED) is 0.768. The molecule has 1 aromatic carbocycles. The van der Waals surface area contributed by atoms with Gasteiger partial charge in [-0.3, -0.25) is 4.79 Å². The minimum Gasteiger partial charge on any atom is -0.481 e. The SMILES string of the molecule is O=CCC(C(=O)O)c1c[nH]c2ccccc12. The molecular weight excluding hydrogens is 206 g/mol. The van der Waals surface area contributed by atoms with Crippen LogP contribution in [0.15, 0.2) is 30.5 Å². The number of aliphatic carboxylic acids is 1. The predicted molar refractivity (Wildman–Crippen MR) is 59.4 cm³/mol. The summed E-state index contributed by atoms with van der Waals surface area (Å²) in [5.41, 5.74) is 1.55. The molecule has 1 atom stereocenters. The van der Waals surface area contributed by atoms with Gasteiger partial charge in [-0.05, 0) is 11.6 Å². The van der Waals surface area contributed by atoms with E-state index >= 15 is 0 Å². The normalized spacial score (nSPS) is 12.5. The van der Waals surface area contributed by atoms with Gasteiger partial charge in [0.2, 0.25) is 0 Å². The number of carbonyl (C=O) groups excluding carboxylic acids is 1. The lowest BCUT2D eigenvalue weighted by molar-refractivity contribution is -0.139. The summed E-state index contributed by atoms with van der Waals surface area (Å²) in [6.07, 6.45) is 2.30. The number of benzene rings is 1. The number of fused-ring (bicyclic) bond motifs is 1. The maximum absolute atomic E-state index is 11.1. The van der Waals surface area contributed by atoms with Crippen molar-refractivity contribution in [2.45, 2.75) is 12.3 Å². The van der Waals surface area contributed by atoms with E-state index in [9.17, 15) is 9.59 Å². The van der Waals surface area contributed by atoms with Crippen LogP contribution in [0.2, 0.25) is 0 Å². The van der Waals surface area contributed by atoms with Crippen molar-refractivity contribution < 1.29 is 14.7 Å². The highest BCUT2D eigenvalue weighted by molar-refractivity contribution is 5.90. The third kappa shape index (κ3) is 1.69. The molecule has 0 amide bonds. The molecule has 1 aromatic heterocycles. The van der Waals surface area contributed by atoms with E-state index in [0.29, 0.717) is 11.8 Å². The van der Waals surface area contributed by atoms with Gasteiger partial charge in [0.1, 0.15) is 6.29 Å². The Balaban J connectivity index is 2.52. The number of H-pyrrole nitrogens is 1. The Bertz CT molecular complexity index is 530. The number of carboxylic acid groups (broad SMARTS) is 1. The molecular formula is C12H11NO3. The Labute approximate surface area is 91.9 Å². The molecule has 0 aliphatic carbocycles. The van der Waals surface area contributed by atoms with Gasteiger partial charge in [0.15, 0.2) is 0 Å². The monoisotopic (exact) mass is 217 g/mol. The smallest absolute Gasteiger partial charge is 0.311 e. The first kappa shape index (κ1) is 10.4. The molecule has 2 aromatic rings. The lowest BCUT2D eigenvalue weighted by Gasteiger charge is -2.07. The van der Waals surface area contributed by atoms with Crippen LogP contribution in [0.5, 0.6) is 0 Å². The summed E-state index contributed by atoms with van der Waals surface area (Å²) in [6, 6.07) is 7.44. The van der Waals surface area contributed by atoms with E-state index in [-0.39, 0.29) is 6.42 Å². The van der Waals surface area contributed by atoms with E-state index in [1.807, 2.05) is 24.3 Å². The summed E-state index contributed by atoms with van der Waals surface area (Å²) in [6.45, 7) is 0. The highest BCUT2D eigenvalue weighted by Crippen LogP contribution is 2.27. The number of para-hydroxylation sites is 1. The van der Waals surface area contributed by atoms with Gasteiger partial charge in [-0.1, -0.05) is 18.2 Å². The number of aromatic nitrogens is 1. The van der Waals surface area contributed by atoms with Crippen molar-refractivity contribution in [3.8, 4) is 0 Å². The third-order valence-corrected chi connectivity index (χ3v) is 2.63. The lowest BCUT2D eigenvalue weighted by atomic mass is 9.96. The first-order valence-electron chi connectivity index (χ1n) is 4.96. The Hall–Kier alpha value is -2.10. The molecule has 0 fully saturated rings. The van der Waals surface area contributed by atoms with Gasteiger partial charge in [0.05, 0.1) is 5.92 Å². The van der Waals surface area contributed by atoms with Gasteiger partial charge < -0.3 is 14.9 Å². The number of aromatic amines is 1. The van der Waals surface area contributed by atoms with E-state index in [0.717, 1.165) is 10.9 Å². The number of aldehydes is 1. The summed E-state index contributed by atoms with van der Waals surface area (Å²) in [5, 5.41) is 9.92. The van der Waals surface area contributed by atoms with Crippen molar-refractivity contribution in [3.05, 3.63) is 36.0 Å². The number of carboxylic acids is 1. The van der Waals surface area contributed by atoms with Crippen LogP contribution in [0.1, 0.15) is 17.9 Å². The van der Waals surface area contributed by atoms with Crippen LogP contribution in [0.4, 0.5) is 0 Å². The lowest BCUT2D eigenvalue weighted by Crippen LogP contribution is -2.11. The van der Waals surface area contributed by atoms with Crippen LogP contribution in [-0.4, -0.2) is 22.3 Å². The van der Waals surface area contributed by atoms with Crippen LogP contribution in [0, 0.1) is 0 Å². The van der Waals surface area contributed by atoms with Crippen LogP contribution < -0.4 is 0 Å². The Morgan fingerprint density at radius 3 is 2.88 bits per heavy atom. The van der Waals surface area contributed by atoms with Gasteiger partial charge in [-0.2, -0.15) is 0 Å². The minimum absolute atomic E-state index is 0.00280. The molecule has 2 rings (SSSR count). The van der Waals surface area contributed by atoms with Gasteiger partial charge in [0, 0.05) is 23.5 Å². The Kier molecular flexibility index (Phi) is 2.72. The molecule has 0 spiro atoms. The van der Waals surface area contributed by atoms with Crippen molar-refractivity contribution in [3.63, 3.8) is 0 Å². The van der Waals surface area contributed by atoms with Gasteiger partial charge in [0.25, 0.3) is 0 Å². The molecule has 0 aliphatic rings. The summed E-state index contributed by atoms with van der Waals surface area (Å²) < 4.78 is 0. The number of carbonyl (C=O) groups is 2. The van der Waals surface area contributed by atoms with E-state index in [4.69, 9.17) is 5.11 Å². The Morgan fingerprint density at radius 1 is 1.44 bits per heavy atom. The predicted octanol–water partition coefficient (Wildman–Crippen LogP) is 1.93. The zero-order valence-electron chi connectivity index (χ0n) is 8.51. The second kappa shape index (κ2) is 4.18. The van der Waals surface area contributed by atoms with Crippen molar-refractivity contribution in [2.24, 2.45) is 0 Å². The van der Waals surface area contributed by atoms with Crippen LogP contribution in [-0.2, 0) is 9.59 Å². The molecule has 82 valence electrons. The van der Waals surface area contributed by atoms with Gasteiger partial charge in [-0.15, -0.1) is 0 Å². The molecule has 0 saturated heterocycles. The maximum atomic E-state index is 11.1. The fraction of sp³-hybridized carbons (Fsp3) is 0.167. The highest BCUT2D eigenvalue weighted by atomic mass is 16.4. The number of hydrogen-bond donors (Lipinski definition) is 2. The molecule has 0 radical (unpaired) electrons. The average molecular weight is 217 g/mol. The first-order chi connectivity index (χ1) is 7.74. The largest absolute Gasteiger partial charge is 0.481 e. The fourth-order valence-electron chi connectivity index (χ4n) is 1.84. The number of rotatable bonds is 4. The van der Waals surface area contributed by atoms with Crippen LogP contribution >= 0.6 is 0 Å². The van der Waals surface area contributed by atoms with E-state index in [2.05, 4.69) is 4.98 Å². The zero-order chi connectivity index (χ0) is 11.5. The van der Waals surface area contributed by atoms with Crippen molar-refractivity contribution in [1.82, 2.24) is 4.98 Å². The summed E-state index contributed by atoms with van der Waals surface area (Å²) in [4.78, 5) is 24.5. The topological polar surface area (TPSA) is 70.2 Å². The summed E-state index contributed by atoms with van der Waals surface area (Å²) in [5.74, 6) is -1.74. The van der Waals surface area contributed by atoms with E-state index < -0.39 is 11.9 Å². The molecule has 4 heteroatoms. The standard InChI is InChI=1S/C12H11NO3/c14-6-5-9(12(15)16)10-7-13-11-4-2-1-3-8(10)11/h1-4,6-7,9,13H,5H2,(H,15,16). The first-order valence-corrected chi connectivity index (χ1v) is 4.96. The van der Waals surface area contributed by atoms with Crippen molar-refractivity contribution >= 4 is 23.2 Å². The van der Waals surface area contributed by atoms with Crippen LogP contribution in [0.25, 0.3) is 10.9 Å². The summed E-state index contributed by atoms with van der Waals surface area (Å²) >= 11 is 0. The molecule has 0 saturated carbocycles. The maximum Gasteiger partial charge on any atom is 0.311 e. The van der Waals surface area contributed by atoms with Crippen molar-refractivity contribution in [1.29, 1.82) is 0 Å². The molecule has 2 N–H and O–H groups in total. The molecule has 16 heavy (non-hydrogen) atoms. The highest BCUT2D eigenvalue weighted by Gasteiger charge is 2.22. The second-order valence-corrected chi connectivity index (χ2v) is 3.58. The fourth-order valence-corrected chi connectivity index (χ4v) is 1.84. The second-order valence-electron chi connectivity index (χ2n) is 3.58. The zero-order valence-corrected chi connectivity index (χ0v) is 8.51.